The van der Waals surface area contributed by atoms with E-state index in [1.165, 1.54) is 32.9 Å². The molecule has 0 bridgehead atoms. The fourth-order valence-electron chi connectivity index (χ4n) is 2.13. The number of halogens is 3. The average molecular weight is 368 g/mol. The zero-order valence-corrected chi connectivity index (χ0v) is 13.8. The Kier molecular flexibility index (Phi) is 4.77. The lowest BCUT2D eigenvalue weighted by Crippen LogP contribution is -2.48. The van der Waals surface area contributed by atoms with E-state index in [2.05, 4.69) is 0 Å². The molecule has 1 aromatic rings. The van der Waals surface area contributed by atoms with E-state index in [4.69, 9.17) is 9.47 Å². The smallest absolute Gasteiger partial charge is 0.433 e. The van der Waals surface area contributed by atoms with Crippen molar-refractivity contribution in [2.75, 3.05) is 6.61 Å². The van der Waals surface area contributed by atoms with Gasteiger partial charge in [-0.15, -0.1) is 0 Å². The molecule has 0 spiro atoms. The first kappa shape index (κ1) is 18.5. The highest BCUT2D eigenvalue weighted by atomic mass is 32.1. The lowest BCUT2D eigenvalue weighted by Gasteiger charge is -2.31. The standard InChI is InChI=1S/C13H15F3N2O5S/c1-12(2,3)23-11(19)17-7(6-22-10(17)13(14,15)16)8-4-5-9(24-8)18(20)21/h4-5,7,10H,6H2,1-3H3/t7-,10-/m0/s1. The van der Waals surface area contributed by atoms with Crippen LogP contribution in [0.15, 0.2) is 12.1 Å². The van der Waals surface area contributed by atoms with Crippen LogP contribution < -0.4 is 0 Å². The molecular weight excluding hydrogens is 353 g/mol. The lowest BCUT2D eigenvalue weighted by molar-refractivity contribution is -0.380. The van der Waals surface area contributed by atoms with Gasteiger partial charge in [0, 0.05) is 10.9 Å². The lowest BCUT2D eigenvalue weighted by atomic mass is 10.2. The van der Waals surface area contributed by atoms with Gasteiger partial charge in [-0.1, -0.05) is 11.3 Å². The van der Waals surface area contributed by atoms with E-state index in [0.29, 0.717) is 16.2 Å². The molecule has 1 aromatic heterocycles. The van der Waals surface area contributed by atoms with E-state index in [1.54, 1.807) is 0 Å². The number of thiophene rings is 1. The van der Waals surface area contributed by atoms with Crippen LogP contribution in [0, 0.1) is 10.1 Å². The quantitative estimate of drug-likeness (QED) is 0.585. The second kappa shape index (κ2) is 6.20. The maximum Gasteiger partial charge on any atom is 0.433 e. The van der Waals surface area contributed by atoms with Crippen molar-refractivity contribution in [3.05, 3.63) is 27.1 Å². The maximum atomic E-state index is 13.1. The zero-order valence-electron chi connectivity index (χ0n) is 13.0. The molecule has 0 unspecified atom stereocenters. The van der Waals surface area contributed by atoms with Crippen LogP contribution in [0.4, 0.5) is 23.0 Å². The Morgan fingerprint density at radius 3 is 2.50 bits per heavy atom. The van der Waals surface area contributed by atoms with E-state index in [0.717, 1.165) is 0 Å². The van der Waals surface area contributed by atoms with Crippen LogP contribution in [-0.2, 0) is 9.47 Å². The van der Waals surface area contributed by atoms with Crippen LogP contribution in [0.25, 0.3) is 0 Å². The van der Waals surface area contributed by atoms with Gasteiger partial charge >= 0.3 is 17.3 Å². The van der Waals surface area contributed by atoms with Gasteiger partial charge in [0.15, 0.2) is 0 Å². The van der Waals surface area contributed by atoms with E-state index < -0.39 is 41.7 Å². The SMILES string of the molecule is CC(C)(C)OC(=O)N1[C@H](C(F)(F)F)OC[C@H]1c1ccc([N+](=O)[O-])s1. The number of nitrogens with zero attached hydrogens (tertiary/aromatic N) is 2. The highest BCUT2D eigenvalue weighted by Crippen LogP contribution is 2.42. The fraction of sp³-hybridized carbons (Fsp3) is 0.615. The number of alkyl halides is 3. The Labute approximate surface area is 139 Å². The van der Waals surface area contributed by atoms with Gasteiger partial charge in [0.25, 0.3) is 0 Å². The largest absolute Gasteiger partial charge is 0.444 e. The Morgan fingerprint density at radius 1 is 1.42 bits per heavy atom. The molecule has 2 atom stereocenters. The Balaban J connectivity index is 2.34. The highest BCUT2D eigenvalue weighted by Gasteiger charge is 2.55. The molecule has 2 heterocycles. The number of amides is 1. The minimum Gasteiger partial charge on any atom is -0.444 e. The number of carbonyl (C=O) groups is 1. The monoisotopic (exact) mass is 368 g/mol. The number of nitro groups is 1. The Bertz CT molecular complexity index is 640. The number of hydrogen-bond acceptors (Lipinski definition) is 6. The summed E-state index contributed by atoms with van der Waals surface area (Å²) in [5.41, 5.74) is -0.998. The van der Waals surface area contributed by atoms with Gasteiger partial charge in [0.05, 0.1) is 17.6 Å². The van der Waals surface area contributed by atoms with Crippen molar-refractivity contribution in [1.82, 2.24) is 4.90 Å². The summed E-state index contributed by atoms with van der Waals surface area (Å²) in [7, 11) is 0. The third-order valence-electron chi connectivity index (χ3n) is 3.01. The van der Waals surface area contributed by atoms with E-state index in [1.807, 2.05) is 0 Å². The maximum absolute atomic E-state index is 13.1. The van der Waals surface area contributed by atoms with Gasteiger partial charge in [-0.2, -0.15) is 13.2 Å². The van der Waals surface area contributed by atoms with Crippen molar-refractivity contribution in [2.24, 2.45) is 0 Å². The van der Waals surface area contributed by atoms with Crippen molar-refractivity contribution in [2.45, 2.75) is 44.8 Å². The molecule has 1 amide bonds. The fourth-order valence-corrected chi connectivity index (χ4v) is 3.04. The third kappa shape index (κ3) is 3.96. The first-order valence-corrected chi connectivity index (χ1v) is 7.65. The summed E-state index contributed by atoms with van der Waals surface area (Å²) in [6, 6.07) is 1.38. The van der Waals surface area contributed by atoms with Gasteiger partial charge in [0.1, 0.15) is 5.60 Å². The van der Waals surface area contributed by atoms with Crippen molar-refractivity contribution in [3.63, 3.8) is 0 Å². The van der Waals surface area contributed by atoms with Crippen LogP contribution in [0.3, 0.4) is 0 Å². The van der Waals surface area contributed by atoms with Crippen LogP contribution >= 0.6 is 11.3 Å². The molecule has 1 saturated heterocycles. The number of carbonyl (C=O) groups excluding carboxylic acids is 1. The van der Waals surface area contributed by atoms with Gasteiger partial charge in [-0.25, -0.2) is 4.79 Å². The van der Waals surface area contributed by atoms with Gasteiger partial charge in [-0.05, 0) is 26.8 Å². The molecule has 7 nitrogen and oxygen atoms in total. The van der Waals surface area contributed by atoms with E-state index in [-0.39, 0.29) is 9.88 Å². The van der Waals surface area contributed by atoms with Crippen LogP contribution in [-0.4, -0.2) is 40.5 Å². The summed E-state index contributed by atoms with van der Waals surface area (Å²) in [4.78, 5) is 23.0. The summed E-state index contributed by atoms with van der Waals surface area (Å²) in [6.45, 7) is 4.14. The summed E-state index contributed by atoms with van der Waals surface area (Å²) in [5.74, 6) is 0. The first-order valence-electron chi connectivity index (χ1n) is 6.84. The molecule has 0 aromatic carbocycles. The van der Waals surface area contributed by atoms with Crippen molar-refractivity contribution < 1.29 is 32.4 Å². The molecule has 0 saturated carbocycles. The van der Waals surface area contributed by atoms with Gasteiger partial charge < -0.3 is 9.47 Å². The number of hydrogen-bond donors (Lipinski definition) is 0. The van der Waals surface area contributed by atoms with Crippen molar-refractivity contribution >= 4 is 22.4 Å². The summed E-state index contributed by atoms with van der Waals surface area (Å²) >= 11 is 0.694. The Morgan fingerprint density at radius 2 is 2.04 bits per heavy atom. The molecule has 11 heteroatoms. The minimum absolute atomic E-state index is 0.222. The highest BCUT2D eigenvalue weighted by molar-refractivity contribution is 7.15. The third-order valence-corrected chi connectivity index (χ3v) is 4.14. The van der Waals surface area contributed by atoms with Gasteiger partial charge in [0.2, 0.25) is 6.23 Å². The summed E-state index contributed by atoms with van der Waals surface area (Å²) in [5, 5.41) is 10.5. The number of rotatable bonds is 2. The van der Waals surface area contributed by atoms with Crippen molar-refractivity contribution in [1.29, 1.82) is 0 Å². The summed E-state index contributed by atoms with van der Waals surface area (Å²) in [6.07, 6.45) is -8.46. The second-order valence-corrected chi connectivity index (χ2v) is 7.16. The van der Waals surface area contributed by atoms with Gasteiger partial charge in [-0.3, -0.25) is 15.0 Å². The molecule has 0 aliphatic carbocycles. The predicted octanol–water partition coefficient (Wildman–Crippen LogP) is 3.85. The molecule has 134 valence electrons. The topological polar surface area (TPSA) is 81.9 Å². The molecule has 0 N–H and O–H groups in total. The van der Waals surface area contributed by atoms with Crippen LogP contribution in [0.2, 0.25) is 0 Å². The molecule has 1 aliphatic heterocycles. The molecule has 2 rings (SSSR count). The Hall–Kier alpha value is -1.88. The zero-order chi connectivity index (χ0) is 18.3. The summed E-state index contributed by atoms with van der Waals surface area (Å²) < 4.78 is 49.2. The minimum atomic E-state index is -4.81. The molecule has 1 aliphatic rings. The molecule has 24 heavy (non-hydrogen) atoms. The second-order valence-electron chi connectivity index (χ2n) is 6.06. The van der Waals surface area contributed by atoms with E-state index in [9.17, 15) is 28.1 Å². The average Bonchev–Trinajstić information content (AvgIpc) is 3.02. The molecular formula is C13H15F3N2O5S. The van der Waals surface area contributed by atoms with Crippen molar-refractivity contribution in [3.8, 4) is 0 Å². The first-order chi connectivity index (χ1) is 10.9. The molecule has 1 fully saturated rings. The van der Waals surface area contributed by atoms with Crippen LogP contribution in [0.5, 0.6) is 0 Å². The predicted molar refractivity (Wildman–Crippen MR) is 77.6 cm³/mol. The molecule has 0 radical (unpaired) electrons. The van der Waals surface area contributed by atoms with Crippen LogP contribution in [0.1, 0.15) is 31.7 Å². The number of ether oxygens (including phenoxy) is 2. The normalized spacial score (nSPS) is 21.8. The van der Waals surface area contributed by atoms with E-state index >= 15 is 0 Å².